The molecule has 0 radical (unpaired) electrons. The average molecular weight is 913 g/mol. The molecule has 5 heteroatoms. The monoisotopic (exact) mass is 913 g/mol. The van der Waals surface area contributed by atoms with E-state index in [0.717, 1.165) is 128 Å². The Labute approximate surface area is 407 Å². The molecule has 1 unspecified atom stereocenters. The molecule has 0 spiro atoms. The number of rotatable bonds is 48. The fourth-order valence-corrected chi connectivity index (χ4v) is 7.06. The molecule has 0 aliphatic carbocycles. The fraction of sp³-hybridized carbons (Fsp3) is 0.639. The number of ether oxygens (including phenoxy) is 3. The van der Waals surface area contributed by atoms with Crippen LogP contribution in [0.2, 0.25) is 0 Å². The third-order valence-corrected chi connectivity index (χ3v) is 11.0. The highest BCUT2D eigenvalue weighted by molar-refractivity contribution is 5.70. The van der Waals surface area contributed by atoms with E-state index in [1.165, 1.54) is 64.2 Å². The minimum Gasteiger partial charge on any atom is -0.462 e. The number of carbonyl (C=O) groups is 2. The molecule has 5 nitrogen and oxygen atoms in total. The molecule has 1 atom stereocenters. The maximum absolute atomic E-state index is 12.8. The molecule has 0 saturated carbocycles. The first kappa shape index (κ1) is 62.3. The smallest absolute Gasteiger partial charge is 0.306 e. The van der Waals surface area contributed by atoms with Crippen LogP contribution in [-0.2, 0) is 23.8 Å². The van der Waals surface area contributed by atoms with Crippen LogP contribution in [0.4, 0.5) is 0 Å². The Hall–Kier alpha value is -3.70. The first-order valence-corrected chi connectivity index (χ1v) is 27.1. The predicted molar refractivity (Wildman–Crippen MR) is 288 cm³/mol. The molecule has 0 saturated heterocycles. The highest BCUT2D eigenvalue weighted by Crippen LogP contribution is 2.13. The summed E-state index contributed by atoms with van der Waals surface area (Å²) in [6, 6.07) is 0. The molecule has 0 aliphatic heterocycles. The Balaban J connectivity index is 4.34. The van der Waals surface area contributed by atoms with Crippen molar-refractivity contribution in [2.24, 2.45) is 0 Å². The van der Waals surface area contributed by atoms with Crippen molar-refractivity contribution in [3.05, 3.63) is 122 Å². The molecule has 0 heterocycles. The fourth-order valence-electron chi connectivity index (χ4n) is 7.06. The van der Waals surface area contributed by atoms with Crippen molar-refractivity contribution < 1.29 is 23.8 Å². The van der Waals surface area contributed by atoms with Crippen LogP contribution in [-0.4, -0.2) is 37.9 Å². The maximum atomic E-state index is 12.8. The van der Waals surface area contributed by atoms with E-state index in [-0.39, 0.29) is 25.2 Å². The van der Waals surface area contributed by atoms with Crippen LogP contribution in [0, 0.1) is 0 Å². The van der Waals surface area contributed by atoms with Gasteiger partial charge in [-0.1, -0.05) is 213 Å². The van der Waals surface area contributed by atoms with Gasteiger partial charge in [-0.3, -0.25) is 9.59 Å². The van der Waals surface area contributed by atoms with E-state index >= 15 is 0 Å². The standard InChI is InChI=1S/C61H100O5/c1-4-7-10-13-16-19-22-25-27-29-31-32-34-37-39-42-45-48-51-54-60(62)65-58-59(66-61(63)55-52-49-46-43-40-36-24-21-18-15-12-9-6-3)57-64-56-53-50-47-44-41-38-35-33-30-28-26-23-20-17-14-11-8-5-2/h7-12,16-21,25-28,31-32,36,40,59H,4-6,13-15,22-24,29-30,33-35,37-39,41-58H2,1-3H3/b10-7-,11-8-,12-9-,19-16-,20-17-,21-18-,27-25-,28-26-,32-31-,40-36-. The van der Waals surface area contributed by atoms with Gasteiger partial charge in [0.25, 0.3) is 0 Å². The normalized spacial score (nSPS) is 13.2. The van der Waals surface area contributed by atoms with Gasteiger partial charge in [-0.05, 0) is 122 Å². The van der Waals surface area contributed by atoms with Crippen LogP contribution < -0.4 is 0 Å². The van der Waals surface area contributed by atoms with E-state index in [0.29, 0.717) is 19.4 Å². The van der Waals surface area contributed by atoms with Crippen molar-refractivity contribution in [2.75, 3.05) is 19.8 Å². The van der Waals surface area contributed by atoms with Crippen LogP contribution in [0.25, 0.3) is 0 Å². The molecule has 374 valence electrons. The summed E-state index contributed by atoms with van der Waals surface area (Å²) < 4.78 is 17.4. The first-order valence-electron chi connectivity index (χ1n) is 27.1. The summed E-state index contributed by atoms with van der Waals surface area (Å²) >= 11 is 0. The molecular weight excluding hydrogens is 813 g/mol. The van der Waals surface area contributed by atoms with E-state index in [9.17, 15) is 9.59 Å². The molecule has 0 N–H and O–H groups in total. The third kappa shape index (κ3) is 52.9. The second-order valence-electron chi connectivity index (χ2n) is 17.3. The molecule has 0 bridgehead atoms. The number of unbranched alkanes of at least 4 members (excludes halogenated alkanes) is 17. The van der Waals surface area contributed by atoms with Gasteiger partial charge in [0.1, 0.15) is 6.61 Å². The lowest BCUT2D eigenvalue weighted by Crippen LogP contribution is -2.30. The Morgan fingerprint density at radius 3 is 1.03 bits per heavy atom. The van der Waals surface area contributed by atoms with Crippen LogP contribution in [0.3, 0.4) is 0 Å². The van der Waals surface area contributed by atoms with Gasteiger partial charge in [0.15, 0.2) is 6.10 Å². The van der Waals surface area contributed by atoms with Gasteiger partial charge in [0, 0.05) is 19.4 Å². The zero-order chi connectivity index (χ0) is 47.7. The molecule has 0 fully saturated rings. The van der Waals surface area contributed by atoms with Crippen LogP contribution in [0.15, 0.2) is 122 Å². The summed E-state index contributed by atoms with van der Waals surface area (Å²) in [5.41, 5.74) is 0. The van der Waals surface area contributed by atoms with Crippen LogP contribution in [0.5, 0.6) is 0 Å². The van der Waals surface area contributed by atoms with Crippen LogP contribution >= 0.6 is 0 Å². The molecule has 66 heavy (non-hydrogen) atoms. The largest absolute Gasteiger partial charge is 0.462 e. The lowest BCUT2D eigenvalue weighted by Gasteiger charge is -2.18. The molecular formula is C61H100O5. The summed E-state index contributed by atoms with van der Waals surface area (Å²) in [4.78, 5) is 25.4. The second kappa shape index (κ2) is 55.6. The van der Waals surface area contributed by atoms with Gasteiger partial charge in [0.05, 0.1) is 6.61 Å². The lowest BCUT2D eigenvalue weighted by molar-refractivity contribution is -0.163. The van der Waals surface area contributed by atoms with Gasteiger partial charge in [0.2, 0.25) is 0 Å². The van der Waals surface area contributed by atoms with E-state index in [1.54, 1.807) is 0 Å². The molecule has 0 aromatic carbocycles. The predicted octanol–water partition coefficient (Wildman–Crippen LogP) is 18.6. The summed E-state index contributed by atoms with van der Waals surface area (Å²) in [6.45, 7) is 7.42. The second-order valence-corrected chi connectivity index (χ2v) is 17.3. The molecule has 0 aromatic heterocycles. The van der Waals surface area contributed by atoms with Crippen molar-refractivity contribution in [3.8, 4) is 0 Å². The van der Waals surface area contributed by atoms with Gasteiger partial charge < -0.3 is 14.2 Å². The van der Waals surface area contributed by atoms with Crippen molar-refractivity contribution in [3.63, 3.8) is 0 Å². The van der Waals surface area contributed by atoms with Crippen molar-refractivity contribution >= 4 is 11.9 Å². The molecule has 0 rings (SSSR count). The minimum absolute atomic E-state index is 0.0553. The van der Waals surface area contributed by atoms with Crippen molar-refractivity contribution in [1.82, 2.24) is 0 Å². The van der Waals surface area contributed by atoms with E-state index < -0.39 is 6.10 Å². The summed E-state index contributed by atoms with van der Waals surface area (Å²) in [5, 5.41) is 0. The van der Waals surface area contributed by atoms with E-state index in [4.69, 9.17) is 14.2 Å². The van der Waals surface area contributed by atoms with Gasteiger partial charge in [-0.25, -0.2) is 0 Å². The van der Waals surface area contributed by atoms with E-state index in [1.807, 2.05) is 0 Å². The highest BCUT2D eigenvalue weighted by atomic mass is 16.6. The number of allylic oxidation sites excluding steroid dienone is 20. The summed E-state index contributed by atoms with van der Waals surface area (Å²) in [7, 11) is 0. The Kier molecular flexibility index (Phi) is 52.5. The number of hydrogen-bond acceptors (Lipinski definition) is 5. The minimum atomic E-state index is -0.570. The van der Waals surface area contributed by atoms with Gasteiger partial charge in [-0.2, -0.15) is 0 Å². The first-order chi connectivity index (χ1) is 32.6. The van der Waals surface area contributed by atoms with E-state index in [2.05, 4.69) is 142 Å². The zero-order valence-electron chi connectivity index (χ0n) is 42.9. The Bertz CT molecular complexity index is 1350. The van der Waals surface area contributed by atoms with Crippen LogP contribution in [0.1, 0.15) is 226 Å². The SMILES string of the molecule is CC/C=C\C/C=C\C/C=C\C/C=C\CCCCCCCCC(=O)OCC(COCCCCCCCCCC/C=C\C/C=C\C/C=C\CC)OC(=O)CCCCC/C=C\C/C=C\C/C=C\CC. The quantitative estimate of drug-likeness (QED) is 0.0346. The average Bonchev–Trinajstić information content (AvgIpc) is 3.32. The van der Waals surface area contributed by atoms with Crippen molar-refractivity contribution in [2.45, 2.75) is 232 Å². The zero-order valence-corrected chi connectivity index (χ0v) is 42.9. The molecule has 0 amide bonds. The highest BCUT2D eigenvalue weighted by Gasteiger charge is 2.17. The topological polar surface area (TPSA) is 61.8 Å². The molecule has 0 aliphatic rings. The Morgan fingerprint density at radius 2 is 0.636 bits per heavy atom. The van der Waals surface area contributed by atoms with Gasteiger partial charge >= 0.3 is 11.9 Å². The summed E-state index contributed by atoms with van der Waals surface area (Å²) in [6.07, 6.45) is 77.9. The number of esters is 2. The molecule has 0 aromatic rings. The van der Waals surface area contributed by atoms with Gasteiger partial charge in [-0.15, -0.1) is 0 Å². The third-order valence-electron chi connectivity index (χ3n) is 11.0. The lowest BCUT2D eigenvalue weighted by atomic mass is 10.1. The van der Waals surface area contributed by atoms with Crippen molar-refractivity contribution in [1.29, 1.82) is 0 Å². The summed E-state index contributed by atoms with van der Waals surface area (Å²) in [5.74, 6) is -0.457. The number of carbonyl (C=O) groups excluding carboxylic acids is 2. The number of hydrogen-bond donors (Lipinski definition) is 0. The Morgan fingerprint density at radius 1 is 0.333 bits per heavy atom. The maximum Gasteiger partial charge on any atom is 0.306 e.